The standard InChI is InChI=1S/C21H30N2O2/c1-14(2)9-17-12-22(18(13-24)10-15(3)4)20-11-16-7-5-6-8-19(16)21(25)23(17)20/h5-8,11,14-15,17-18,24H,9-10,12-13H2,1-4H3/t17-,18-/m0/s1. The molecule has 2 atom stereocenters. The average molecular weight is 342 g/mol. The van der Waals surface area contributed by atoms with Crippen molar-refractivity contribution in [2.24, 2.45) is 11.8 Å². The zero-order valence-electron chi connectivity index (χ0n) is 15.8. The summed E-state index contributed by atoms with van der Waals surface area (Å²) >= 11 is 0. The molecule has 1 N–H and O–H groups in total. The third-order valence-corrected chi connectivity index (χ3v) is 5.15. The van der Waals surface area contributed by atoms with Gasteiger partial charge in [0.2, 0.25) is 0 Å². The number of aromatic nitrogens is 1. The summed E-state index contributed by atoms with van der Waals surface area (Å²) in [7, 11) is 0. The quantitative estimate of drug-likeness (QED) is 0.868. The first-order valence-corrected chi connectivity index (χ1v) is 9.44. The van der Waals surface area contributed by atoms with Crippen molar-refractivity contribution in [2.75, 3.05) is 18.1 Å². The molecule has 2 aromatic rings. The normalized spacial score (nSPS) is 18.4. The highest BCUT2D eigenvalue weighted by molar-refractivity contribution is 5.84. The second-order valence-electron chi connectivity index (χ2n) is 8.17. The number of fused-ring (bicyclic) bond motifs is 2. The van der Waals surface area contributed by atoms with Crippen molar-refractivity contribution in [3.05, 3.63) is 40.7 Å². The molecule has 0 aliphatic carbocycles. The predicted octanol–water partition coefficient (Wildman–Crippen LogP) is 3.82. The number of hydrogen-bond acceptors (Lipinski definition) is 3. The molecular formula is C21H30N2O2. The molecule has 0 radical (unpaired) electrons. The zero-order chi connectivity index (χ0) is 18.1. The van der Waals surface area contributed by atoms with Gasteiger partial charge in [0.15, 0.2) is 0 Å². The van der Waals surface area contributed by atoms with E-state index in [2.05, 4.69) is 38.7 Å². The minimum absolute atomic E-state index is 0.0592. The van der Waals surface area contributed by atoms with Crippen LogP contribution in [-0.4, -0.2) is 28.9 Å². The van der Waals surface area contributed by atoms with Gasteiger partial charge in [-0.3, -0.25) is 9.36 Å². The van der Waals surface area contributed by atoms with Crippen molar-refractivity contribution < 1.29 is 5.11 Å². The lowest BCUT2D eigenvalue weighted by molar-refractivity contribution is 0.242. The molecule has 3 rings (SSSR count). The van der Waals surface area contributed by atoms with Gasteiger partial charge in [0, 0.05) is 11.9 Å². The highest BCUT2D eigenvalue weighted by Gasteiger charge is 2.34. The first-order chi connectivity index (χ1) is 11.9. The van der Waals surface area contributed by atoms with Crippen molar-refractivity contribution in [1.82, 2.24) is 4.57 Å². The zero-order valence-corrected chi connectivity index (χ0v) is 15.8. The summed E-state index contributed by atoms with van der Waals surface area (Å²) in [6.07, 6.45) is 1.90. The van der Waals surface area contributed by atoms with E-state index >= 15 is 0 Å². The van der Waals surface area contributed by atoms with Crippen molar-refractivity contribution in [3.8, 4) is 0 Å². The maximum Gasteiger partial charge on any atom is 0.260 e. The third-order valence-electron chi connectivity index (χ3n) is 5.15. The molecule has 1 aliphatic heterocycles. The lowest BCUT2D eigenvalue weighted by Crippen LogP contribution is -2.38. The Morgan fingerprint density at radius 1 is 1.16 bits per heavy atom. The van der Waals surface area contributed by atoms with Gasteiger partial charge in [-0.1, -0.05) is 45.9 Å². The minimum atomic E-state index is 0.0592. The largest absolute Gasteiger partial charge is 0.394 e. The molecule has 1 aliphatic rings. The Hall–Kier alpha value is -1.81. The first kappa shape index (κ1) is 18.0. The van der Waals surface area contributed by atoms with Gasteiger partial charge in [-0.15, -0.1) is 0 Å². The molecular weight excluding hydrogens is 312 g/mol. The van der Waals surface area contributed by atoms with Gasteiger partial charge in [-0.2, -0.15) is 0 Å². The molecule has 0 spiro atoms. The van der Waals surface area contributed by atoms with Gasteiger partial charge in [-0.25, -0.2) is 0 Å². The van der Waals surface area contributed by atoms with Crippen LogP contribution in [0.1, 0.15) is 46.6 Å². The Bertz CT molecular complexity index is 794. The Kier molecular flexibility index (Phi) is 5.19. The van der Waals surface area contributed by atoms with E-state index in [0.29, 0.717) is 11.8 Å². The lowest BCUT2D eigenvalue weighted by atomic mass is 10.0. The molecule has 2 heterocycles. The Labute approximate surface area is 150 Å². The van der Waals surface area contributed by atoms with Crippen LogP contribution in [0.25, 0.3) is 10.8 Å². The topological polar surface area (TPSA) is 45.5 Å². The maximum atomic E-state index is 13.2. The molecule has 0 bridgehead atoms. The number of rotatable bonds is 6. The fraction of sp³-hybridized carbons (Fsp3) is 0.571. The van der Waals surface area contributed by atoms with Gasteiger partial charge in [0.1, 0.15) is 5.82 Å². The van der Waals surface area contributed by atoms with E-state index in [1.807, 2.05) is 28.8 Å². The summed E-state index contributed by atoms with van der Waals surface area (Å²) in [4.78, 5) is 15.4. The lowest BCUT2D eigenvalue weighted by Gasteiger charge is -2.29. The van der Waals surface area contributed by atoms with Crippen molar-refractivity contribution in [1.29, 1.82) is 0 Å². The van der Waals surface area contributed by atoms with E-state index in [4.69, 9.17) is 0 Å². The van der Waals surface area contributed by atoms with Crippen LogP contribution in [0.15, 0.2) is 35.1 Å². The van der Waals surface area contributed by atoms with Crippen LogP contribution < -0.4 is 10.5 Å². The van der Waals surface area contributed by atoms with Crippen LogP contribution in [0, 0.1) is 11.8 Å². The van der Waals surface area contributed by atoms with Crippen molar-refractivity contribution in [3.63, 3.8) is 0 Å². The average Bonchev–Trinajstić information content (AvgIpc) is 2.90. The molecule has 0 amide bonds. The SMILES string of the molecule is CC(C)C[C@@H](CO)N1C[C@H](CC(C)C)n2c1cc1ccccc1c2=O. The van der Waals surface area contributed by atoms with Gasteiger partial charge < -0.3 is 10.0 Å². The highest BCUT2D eigenvalue weighted by Crippen LogP contribution is 2.35. The molecule has 1 aromatic heterocycles. The van der Waals surface area contributed by atoms with Crippen LogP contribution >= 0.6 is 0 Å². The van der Waals surface area contributed by atoms with Gasteiger partial charge in [0.05, 0.1) is 18.7 Å². The molecule has 25 heavy (non-hydrogen) atoms. The minimum Gasteiger partial charge on any atom is -0.394 e. The van der Waals surface area contributed by atoms with Crippen molar-refractivity contribution >= 4 is 16.6 Å². The number of benzene rings is 1. The number of pyridine rings is 1. The van der Waals surface area contributed by atoms with E-state index in [9.17, 15) is 9.90 Å². The Morgan fingerprint density at radius 2 is 1.88 bits per heavy atom. The molecule has 0 saturated heterocycles. The summed E-state index contributed by atoms with van der Waals surface area (Å²) < 4.78 is 1.98. The fourth-order valence-corrected chi connectivity index (χ4v) is 4.14. The van der Waals surface area contributed by atoms with Gasteiger partial charge in [0.25, 0.3) is 5.56 Å². The summed E-state index contributed by atoms with van der Waals surface area (Å²) in [5.74, 6) is 1.99. The number of hydrogen-bond donors (Lipinski definition) is 1. The highest BCUT2D eigenvalue weighted by atomic mass is 16.3. The number of anilines is 1. The molecule has 0 unspecified atom stereocenters. The van der Waals surface area contributed by atoms with E-state index < -0.39 is 0 Å². The number of nitrogens with zero attached hydrogens (tertiary/aromatic N) is 2. The van der Waals surface area contributed by atoms with Crippen LogP contribution in [0.2, 0.25) is 0 Å². The second-order valence-corrected chi connectivity index (χ2v) is 8.17. The fourth-order valence-electron chi connectivity index (χ4n) is 4.14. The second kappa shape index (κ2) is 7.20. The van der Waals surface area contributed by atoms with E-state index in [1.165, 1.54) is 0 Å². The van der Waals surface area contributed by atoms with Gasteiger partial charge in [-0.05, 0) is 42.2 Å². The van der Waals surface area contributed by atoms with Crippen LogP contribution in [0.4, 0.5) is 5.82 Å². The molecule has 136 valence electrons. The van der Waals surface area contributed by atoms with Crippen molar-refractivity contribution in [2.45, 2.75) is 52.6 Å². The van der Waals surface area contributed by atoms with E-state index in [0.717, 1.165) is 36.0 Å². The maximum absolute atomic E-state index is 13.2. The molecule has 4 nitrogen and oxygen atoms in total. The molecule has 4 heteroatoms. The Balaban J connectivity index is 2.13. The molecule has 0 saturated carbocycles. The predicted molar refractivity (Wildman–Crippen MR) is 104 cm³/mol. The summed E-state index contributed by atoms with van der Waals surface area (Å²) in [5, 5.41) is 11.7. The smallest absolute Gasteiger partial charge is 0.260 e. The van der Waals surface area contributed by atoms with Crippen LogP contribution in [0.5, 0.6) is 0 Å². The third kappa shape index (κ3) is 3.45. The summed E-state index contributed by atoms with van der Waals surface area (Å²) in [6.45, 7) is 9.68. The van der Waals surface area contributed by atoms with Gasteiger partial charge >= 0.3 is 0 Å². The Morgan fingerprint density at radius 3 is 2.52 bits per heavy atom. The van der Waals surface area contributed by atoms with Crippen LogP contribution in [0.3, 0.4) is 0 Å². The number of aliphatic hydroxyl groups excluding tert-OH is 1. The summed E-state index contributed by atoms with van der Waals surface area (Å²) in [6, 6.07) is 10.2. The van der Waals surface area contributed by atoms with Crippen LogP contribution in [-0.2, 0) is 0 Å². The summed E-state index contributed by atoms with van der Waals surface area (Å²) in [5.41, 5.74) is 0.0995. The first-order valence-electron chi connectivity index (χ1n) is 9.44. The molecule has 1 aromatic carbocycles. The molecule has 0 fully saturated rings. The monoisotopic (exact) mass is 342 g/mol. The number of aliphatic hydroxyl groups is 1. The van der Waals surface area contributed by atoms with E-state index in [1.54, 1.807) is 0 Å². The van der Waals surface area contributed by atoms with E-state index in [-0.39, 0.29) is 24.2 Å².